The van der Waals surface area contributed by atoms with Crippen LogP contribution < -0.4 is 5.73 Å². The zero-order valence-electron chi connectivity index (χ0n) is 12.3. The van der Waals surface area contributed by atoms with E-state index >= 15 is 0 Å². The third-order valence-electron chi connectivity index (χ3n) is 4.11. The SMILES string of the molecule is CC(C)Cn1c(-c2ccccc2)nc(C2CCC2)c1N. The van der Waals surface area contributed by atoms with E-state index in [2.05, 4.69) is 42.7 Å². The smallest absolute Gasteiger partial charge is 0.141 e. The Morgan fingerprint density at radius 1 is 1.25 bits per heavy atom. The molecule has 1 saturated carbocycles. The molecule has 106 valence electrons. The Hall–Kier alpha value is -1.77. The summed E-state index contributed by atoms with van der Waals surface area (Å²) >= 11 is 0. The Bertz CT molecular complexity index is 580. The highest BCUT2D eigenvalue weighted by Gasteiger charge is 2.27. The van der Waals surface area contributed by atoms with Gasteiger partial charge in [0.2, 0.25) is 0 Å². The number of anilines is 1. The van der Waals surface area contributed by atoms with E-state index in [1.165, 1.54) is 19.3 Å². The first-order valence-electron chi connectivity index (χ1n) is 7.58. The third-order valence-corrected chi connectivity index (χ3v) is 4.11. The molecule has 1 heterocycles. The minimum Gasteiger partial charge on any atom is -0.384 e. The number of nitrogens with zero attached hydrogens (tertiary/aromatic N) is 2. The second-order valence-electron chi connectivity index (χ2n) is 6.20. The monoisotopic (exact) mass is 269 g/mol. The molecule has 0 unspecified atom stereocenters. The minimum atomic E-state index is 0.559. The van der Waals surface area contributed by atoms with Crippen molar-refractivity contribution in [2.75, 3.05) is 5.73 Å². The molecule has 20 heavy (non-hydrogen) atoms. The Morgan fingerprint density at radius 3 is 2.50 bits per heavy atom. The predicted octanol–water partition coefficient (Wildman–Crippen LogP) is 4.06. The van der Waals surface area contributed by atoms with Crippen molar-refractivity contribution in [3.63, 3.8) is 0 Å². The summed E-state index contributed by atoms with van der Waals surface area (Å²) in [5.74, 6) is 3.04. The van der Waals surface area contributed by atoms with E-state index in [1.807, 2.05) is 6.07 Å². The van der Waals surface area contributed by atoms with Crippen LogP contribution in [-0.4, -0.2) is 9.55 Å². The molecule has 0 aliphatic heterocycles. The van der Waals surface area contributed by atoms with Crippen LogP contribution in [0.1, 0.15) is 44.7 Å². The second-order valence-corrected chi connectivity index (χ2v) is 6.20. The normalized spacial score (nSPS) is 15.6. The molecule has 1 aliphatic rings. The van der Waals surface area contributed by atoms with Crippen molar-refractivity contribution in [2.45, 2.75) is 45.6 Å². The molecule has 1 fully saturated rings. The molecule has 0 amide bonds. The van der Waals surface area contributed by atoms with Gasteiger partial charge in [-0.2, -0.15) is 0 Å². The fourth-order valence-electron chi connectivity index (χ4n) is 2.82. The number of aromatic nitrogens is 2. The average molecular weight is 269 g/mol. The van der Waals surface area contributed by atoms with Crippen LogP contribution in [0.5, 0.6) is 0 Å². The Labute approximate surface area is 120 Å². The largest absolute Gasteiger partial charge is 0.384 e. The molecule has 0 atom stereocenters. The molecule has 3 nitrogen and oxygen atoms in total. The van der Waals surface area contributed by atoms with Gasteiger partial charge in [0.15, 0.2) is 0 Å². The van der Waals surface area contributed by atoms with E-state index in [-0.39, 0.29) is 0 Å². The van der Waals surface area contributed by atoms with Gasteiger partial charge in [0.05, 0.1) is 5.69 Å². The summed E-state index contributed by atoms with van der Waals surface area (Å²) in [7, 11) is 0. The maximum atomic E-state index is 6.40. The van der Waals surface area contributed by atoms with Gasteiger partial charge in [-0.1, -0.05) is 50.6 Å². The lowest BCUT2D eigenvalue weighted by atomic mass is 9.83. The molecular weight excluding hydrogens is 246 g/mol. The van der Waals surface area contributed by atoms with Gasteiger partial charge >= 0.3 is 0 Å². The third kappa shape index (κ3) is 2.33. The molecular formula is C17H23N3. The zero-order valence-corrected chi connectivity index (χ0v) is 12.3. The van der Waals surface area contributed by atoms with Gasteiger partial charge in [-0.25, -0.2) is 4.98 Å². The number of nitrogens with two attached hydrogens (primary N) is 1. The molecule has 2 N–H and O–H groups in total. The molecule has 1 aromatic heterocycles. The summed E-state index contributed by atoms with van der Waals surface area (Å²) in [5, 5.41) is 0. The lowest BCUT2D eigenvalue weighted by Crippen LogP contribution is -2.13. The molecule has 1 aliphatic carbocycles. The first-order chi connectivity index (χ1) is 9.66. The Kier molecular flexibility index (Phi) is 3.51. The van der Waals surface area contributed by atoms with Crippen LogP contribution >= 0.6 is 0 Å². The molecule has 0 saturated heterocycles. The highest BCUT2D eigenvalue weighted by Crippen LogP contribution is 2.40. The summed E-state index contributed by atoms with van der Waals surface area (Å²) in [6.07, 6.45) is 3.77. The number of nitrogen functional groups attached to an aromatic ring is 1. The van der Waals surface area contributed by atoms with Crippen molar-refractivity contribution in [3.8, 4) is 11.4 Å². The van der Waals surface area contributed by atoms with Gasteiger partial charge in [-0.3, -0.25) is 0 Å². The van der Waals surface area contributed by atoms with Gasteiger partial charge in [0.25, 0.3) is 0 Å². The molecule has 2 aromatic rings. The number of rotatable bonds is 4. The van der Waals surface area contributed by atoms with E-state index in [4.69, 9.17) is 10.7 Å². The van der Waals surface area contributed by atoms with Gasteiger partial charge in [0.1, 0.15) is 11.6 Å². The van der Waals surface area contributed by atoms with Crippen LogP contribution in [0.4, 0.5) is 5.82 Å². The maximum absolute atomic E-state index is 6.40. The summed E-state index contributed by atoms with van der Waals surface area (Å²) in [6.45, 7) is 5.37. The fourth-order valence-corrected chi connectivity index (χ4v) is 2.82. The predicted molar refractivity (Wildman–Crippen MR) is 83.5 cm³/mol. The summed E-state index contributed by atoms with van der Waals surface area (Å²) in [4.78, 5) is 4.89. The van der Waals surface area contributed by atoms with Crippen molar-refractivity contribution in [1.29, 1.82) is 0 Å². The molecule has 0 bridgehead atoms. The van der Waals surface area contributed by atoms with E-state index in [0.29, 0.717) is 11.8 Å². The van der Waals surface area contributed by atoms with Gasteiger partial charge in [-0.15, -0.1) is 0 Å². The van der Waals surface area contributed by atoms with Crippen LogP contribution in [0.3, 0.4) is 0 Å². The van der Waals surface area contributed by atoms with Crippen molar-refractivity contribution in [3.05, 3.63) is 36.0 Å². The standard InChI is InChI=1S/C17H23N3/c1-12(2)11-20-16(18)15(13-9-6-10-13)19-17(20)14-7-4-3-5-8-14/h3-5,7-8,12-13H,6,9-11,18H2,1-2H3. The van der Waals surface area contributed by atoms with Crippen molar-refractivity contribution in [1.82, 2.24) is 9.55 Å². The Balaban J connectivity index is 2.06. The van der Waals surface area contributed by atoms with E-state index in [0.717, 1.165) is 29.4 Å². The number of imidazole rings is 1. The zero-order chi connectivity index (χ0) is 14.1. The van der Waals surface area contributed by atoms with Crippen molar-refractivity contribution < 1.29 is 0 Å². The molecule has 3 heteroatoms. The highest BCUT2D eigenvalue weighted by atomic mass is 15.1. The van der Waals surface area contributed by atoms with Crippen molar-refractivity contribution >= 4 is 5.82 Å². The second kappa shape index (κ2) is 5.31. The fraction of sp³-hybridized carbons (Fsp3) is 0.471. The molecule has 0 spiro atoms. The van der Waals surface area contributed by atoms with Crippen LogP contribution in [0, 0.1) is 5.92 Å². The first kappa shape index (κ1) is 13.2. The lowest BCUT2D eigenvalue weighted by Gasteiger charge is -2.24. The van der Waals surface area contributed by atoms with E-state index in [1.54, 1.807) is 0 Å². The van der Waals surface area contributed by atoms with Crippen LogP contribution in [0.15, 0.2) is 30.3 Å². The van der Waals surface area contributed by atoms with Crippen LogP contribution in [0.2, 0.25) is 0 Å². The van der Waals surface area contributed by atoms with Gasteiger partial charge < -0.3 is 10.3 Å². The molecule has 3 rings (SSSR count). The minimum absolute atomic E-state index is 0.559. The van der Waals surface area contributed by atoms with Crippen LogP contribution in [0.25, 0.3) is 11.4 Å². The van der Waals surface area contributed by atoms with Crippen molar-refractivity contribution in [2.24, 2.45) is 5.92 Å². The number of benzene rings is 1. The topological polar surface area (TPSA) is 43.8 Å². The molecule has 0 radical (unpaired) electrons. The maximum Gasteiger partial charge on any atom is 0.141 e. The number of hydrogen-bond donors (Lipinski definition) is 1. The summed E-state index contributed by atoms with van der Waals surface area (Å²) < 4.78 is 2.20. The highest BCUT2D eigenvalue weighted by molar-refractivity contribution is 5.61. The van der Waals surface area contributed by atoms with E-state index < -0.39 is 0 Å². The van der Waals surface area contributed by atoms with Gasteiger partial charge in [0, 0.05) is 18.0 Å². The van der Waals surface area contributed by atoms with Crippen LogP contribution in [-0.2, 0) is 6.54 Å². The summed E-state index contributed by atoms with van der Waals surface area (Å²) in [5.41, 5.74) is 8.68. The van der Waals surface area contributed by atoms with Gasteiger partial charge in [-0.05, 0) is 18.8 Å². The van der Waals surface area contributed by atoms with E-state index in [9.17, 15) is 0 Å². The average Bonchev–Trinajstić information content (AvgIpc) is 2.67. The Morgan fingerprint density at radius 2 is 1.95 bits per heavy atom. The number of hydrogen-bond acceptors (Lipinski definition) is 2. The quantitative estimate of drug-likeness (QED) is 0.909. The molecule has 1 aromatic carbocycles. The summed E-state index contributed by atoms with van der Waals surface area (Å²) in [6, 6.07) is 10.4. The first-order valence-corrected chi connectivity index (χ1v) is 7.58. The lowest BCUT2D eigenvalue weighted by molar-refractivity contribution is 0.413.